The molecule has 3 heterocycles. The van der Waals surface area contributed by atoms with Crippen LogP contribution in [0.25, 0.3) is 10.9 Å². The Hall–Kier alpha value is -2.94. The number of piperidine rings is 1. The van der Waals surface area contributed by atoms with Crippen LogP contribution in [0.5, 0.6) is 0 Å². The van der Waals surface area contributed by atoms with Gasteiger partial charge in [0.2, 0.25) is 0 Å². The van der Waals surface area contributed by atoms with Gasteiger partial charge in [-0.3, -0.25) is 4.98 Å². The predicted octanol–water partition coefficient (Wildman–Crippen LogP) is 4.28. The monoisotopic (exact) mass is 374 g/mol. The molecule has 2 aromatic heterocycles. The summed E-state index contributed by atoms with van der Waals surface area (Å²) in [5, 5.41) is 19.4. The molecule has 0 bridgehead atoms. The van der Waals surface area contributed by atoms with Gasteiger partial charge in [-0.15, -0.1) is 10.2 Å². The van der Waals surface area contributed by atoms with E-state index in [1.807, 2.05) is 6.33 Å². The van der Waals surface area contributed by atoms with Gasteiger partial charge < -0.3 is 9.47 Å². The molecule has 0 aliphatic carbocycles. The van der Waals surface area contributed by atoms with Crippen molar-refractivity contribution in [2.45, 2.75) is 52.5 Å². The number of nitriles is 1. The number of pyridine rings is 1. The third kappa shape index (κ3) is 3.11. The minimum atomic E-state index is 0.305. The lowest BCUT2D eigenvalue weighted by Crippen LogP contribution is -2.36. The molecule has 1 aliphatic rings. The lowest BCUT2D eigenvalue weighted by atomic mass is 9.94. The average molecular weight is 374 g/mol. The maximum Gasteiger partial charge on any atom is 0.137 e. The van der Waals surface area contributed by atoms with Crippen molar-refractivity contribution in [3.63, 3.8) is 0 Å². The molecule has 0 saturated carbocycles. The van der Waals surface area contributed by atoms with Gasteiger partial charge in [0.15, 0.2) is 0 Å². The van der Waals surface area contributed by atoms with Crippen LogP contribution in [0.2, 0.25) is 0 Å². The zero-order chi connectivity index (χ0) is 19.8. The molecule has 1 atom stereocenters. The maximum atomic E-state index is 9.77. The lowest BCUT2D eigenvalue weighted by molar-refractivity contribution is 0.455. The fraction of sp³-hybridized carbons (Fsp3) is 0.455. The summed E-state index contributed by atoms with van der Waals surface area (Å²) < 4.78 is 2.17. The Balaban J connectivity index is 1.79. The van der Waals surface area contributed by atoms with Gasteiger partial charge >= 0.3 is 0 Å². The molecule has 6 nitrogen and oxygen atoms in total. The van der Waals surface area contributed by atoms with Gasteiger partial charge in [-0.2, -0.15) is 5.26 Å². The summed E-state index contributed by atoms with van der Waals surface area (Å²) in [6, 6.07) is 7.01. The SMILES string of the molecule is Cc1cc(C)c2ncc(C#N)c(N3CCCC(c4nncn4C(C)C)C3)c2c1. The molecule has 4 rings (SSSR count). The second-order valence-electron chi connectivity index (χ2n) is 8.09. The predicted molar refractivity (Wildman–Crippen MR) is 111 cm³/mol. The van der Waals surface area contributed by atoms with E-state index >= 15 is 0 Å². The van der Waals surface area contributed by atoms with E-state index < -0.39 is 0 Å². The van der Waals surface area contributed by atoms with Crippen LogP contribution >= 0.6 is 0 Å². The largest absolute Gasteiger partial charge is 0.369 e. The second kappa shape index (κ2) is 7.23. The number of nitrogens with zero attached hydrogens (tertiary/aromatic N) is 6. The first-order valence-electron chi connectivity index (χ1n) is 9.94. The van der Waals surface area contributed by atoms with Gasteiger partial charge in [0.05, 0.1) is 16.8 Å². The Morgan fingerprint density at radius 1 is 1.25 bits per heavy atom. The first kappa shape index (κ1) is 18.4. The van der Waals surface area contributed by atoms with E-state index in [0.717, 1.165) is 53.9 Å². The smallest absolute Gasteiger partial charge is 0.137 e. The Bertz CT molecular complexity index is 1060. The fourth-order valence-electron chi connectivity index (χ4n) is 4.40. The Morgan fingerprint density at radius 3 is 2.82 bits per heavy atom. The summed E-state index contributed by atoms with van der Waals surface area (Å²) in [5.74, 6) is 1.35. The van der Waals surface area contributed by atoms with Crippen molar-refractivity contribution >= 4 is 16.6 Å². The quantitative estimate of drug-likeness (QED) is 0.684. The molecular weight excluding hydrogens is 348 g/mol. The van der Waals surface area contributed by atoms with Crippen molar-refractivity contribution in [2.75, 3.05) is 18.0 Å². The summed E-state index contributed by atoms with van der Waals surface area (Å²) in [6.07, 6.45) is 5.70. The highest BCUT2D eigenvalue weighted by Crippen LogP contribution is 2.36. The average Bonchev–Trinajstić information content (AvgIpc) is 3.17. The highest BCUT2D eigenvalue weighted by Gasteiger charge is 2.28. The highest BCUT2D eigenvalue weighted by molar-refractivity contribution is 5.96. The number of aromatic nitrogens is 4. The third-order valence-electron chi connectivity index (χ3n) is 5.66. The number of anilines is 1. The molecule has 0 spiro atoms. The van der Waals surface area contributed by atoms with Gasteiger partial charge in [-0.1, -0.05) is 11.6 Å². The first-order chi connectivity index (χ1) is 13.5. The Labute approximate surface area is 165 Å². The topological polar surface area (TPSA) is 70.6 Å². The molecular formula is C22H26N6. The van der Waals surface area contributed by atoms with E-state index in [9.17, 15) is 5.26 Å². The van der Waals surface area contributed by atoms with Crippen molar-refractivity contribution in [1.82, 2.24) is 19.7 Å². The number of aryl methyl sites for hydroxylation is 2. The van der Waals surface area contributed by atoms with Crippen LogP contribution in [0.15, 0.2) is 24.7 Å². The molecule has 1 fully saturated rings. The van der Waals surface area contributed by atoms with Gasteiger partial charge in [-0.25, -0.2) is 0 Å². The molecule has 0 N–H and O–H groups in total. The molecule has 0 radical (unpaired) electrons. The maximum absolute atomic E-state index is 9.77. The van der Waals surface area contributed by atoms with E-state index in [-0.39, 0.29) is 0 Å². The van der Waals surface area contributed by atoms with Gasteiger partial charge in [0.25, 0.3) is 0 Å². The van der Waals surface area contributed by atoms with Crippen LogP contribution < -0.4 is 4.90 Å². The van der Waals surface area contributed by atoms with Crippen LogP contribution in [-0.2, 0) is 0 Å². The van der Waals surface area contributed by atoms with E-state index in [1.165, 1.54) is 5.56 Å². The van der Waals surface area contributed by atoms with Gasteiger partial charge in [0.1, 0.15) is 18.2 Å². The molecule has 0 amide bonds. The zero-order valence-electron chi connectivity index (χ0n) is 17.0. The van der Waals surface area contributed by atoms with Crippen LogP contribution in [-0.4, -0.2) is 32.8 Å². The lowest BCUT2D eigenvalue weighted by Gasteiger charge is -2.35. The number of hydrogen-bond acceptors (Lipinski definition) is 5. The molecule has 28 heavy (non-hydrogen) atoms. The molecule has 1 aromatic carbocycles. The number of fused-ring (bicyclic) bond motifs is 1. The Morgan fingerprint density at radius 2 is 2.07 bits per heavy atom. The molecule has 3 aromatic rings. The number of hydrogen-bond donors (Lipinski definition) is 0. The third-order valence-corrected chi connectivity index (χ3v) is 5.66. The molecule has 6 heteroatoms. The first-order valence-corrected chi connectivity index (χ1v) is 9.94. The standard InChI is InChI=1S/C22H26N6/c1-14(2)28-13-25-26-22(28)17-6-5-7-27(12-17)21-18(10-23)11-24-20-16(4)8-15(3)9-19(20)21/h8-9,11,13-14,17H,5-7,12H2,1-4H3. The number of rotatable bonds is 3. The van der Waals surface area contributed by atoms with Crippen molar-refractivity contribution in [1.29, 1.82) is 5.26 Å². The fourth-order valence-corrected chi connectivity index (χ4v) is 4.40. The molecule has 1 saturated heterocycles. The molecule has 144 valence electrons. The minimum absolute atomic E-state index is 0.305. The molecule has 1 unspecified atom stereocenters. The molecule has 1 aliphatic heterocycles. The van der Waals surface area contributed by atoms with Crippen molar-refractivity contribution in [3.05, 3.63) is 47.2 Å². The summed E-state index contributed by atoms with van der Waals surface area (Å²) in [6.45, 7) is 10.3. The summed E-state index contributed by atoms with van der Waals surface area (Å²) in [5.41, 5.74) is 4.97. The van der Waals surface area contributed by atoms with Gasteiger partial charge in [0, 0.05) is 36.6 Å². The summed E-state index contributed by atoms with van der Waals surface area (Å²) >= 11 is 0. The summed E-state index contributed by atoms with van der Waals surface area (Å²) in [4.78, 5) is 6.93. The van der Waals surface area contributed by atoms with Crippen LogP contribution in [0.4, 0.5) is 5.69 Å². The van der Waals surface area contributed by atoms with Crippen LogP contribution in [0, 0.1) is 25.2 Å². The Kier molecular flexibility index (Phi) is 4.76. The minimum Gasteiger partial charge on any atom is -0.369 e. The van der Waals surface area contributed by atoms with Crippen molar-refractivity contribution < 1.29 is 0 Å². The van der Waals surface area contributed by atoms with Crippen molar-refractivity contribution in [3.8, 4) is 6.07 Å². The number of benzene rings is 1. The van der Waals surface area contributed by atoms with Crippen LogP contribution in [0.1, 0.15) is 61.2 Å². The van der Waals surface area contributed by atoms with Crippen LogP contribution in [0.3, 0.4) is 0 Å². The normalized spacial score (nSPS) is 17.3. The van der Waals surface area contributed by atoms with E-state index in [1.54, 1.807) is 6.20 Å². The van der Waals surface area contributed by atoms with Crippen molar-refractivity contribution in [2.24, 2.45) is 0 Å². The van der Waals surface area contributed by atoms with E-state index in [2.05, 4.69) is 70.5 Å². The van der Waals surface area contributed by atoms with E-state index in [4.69, 9.17) is 0 Å². The zero-order valence-corrected chi connectivity index (χ0v) is 17.0. The summed E-state index contributed by atoms with van der Waals surface area (Å²) in [7, 11) is 0. The second-order valence-corrected chi connectivity index (χ2v) is 8.09. The van der Waals surface area contributed by atoms with Gasteiger partial charge in [-0.05, 0) is 52.2 Å². The highest BCUT2D eigenvalue weighted by atomic mass is 15.3. The van der Waals surface area contributed by atoms with E-state index in [0.29, 0.717) is 17.5 Å².